The summed E-state index contributed by atoms with van der Waals surface area (Å²) in [5.74, 6) is -1.36. The number of halogens is 3. The van der Waals surface area contributed by atoms with Gasteiger partial charge in [0.05, 0.1) is 30.2 Å². The van der Waals surface area contributed by atoms with E-state index >= 15 is 0 Å². The van der Waals surface area contributed by atoms with Gasteiger partial charge in [0.25, 0.3) is 5.91 Å². The number of nitrogens with one attached hydrogen (secondary N) is 2. The molecule has 3 heterocycles. The summed E-state index contributed by atoms with van der Waals surface area (Å²) in [5.41, 5.74) is 3.83. The first-order valence-electron chi connectivity index (χ1n) is 11.8. The van der Waals surface area contributed by atoms with Gasteiger partial charge in [0.1, 0.15) is 5.69 Å². The minimum Gasteiger partial charge on any atom is -0.475 e. The predicted molar refractivity (Wildman–Crippen MR) is 131 cm³/mol. The van der Waals surface area contributed by atoms with Gasteiger partial charge in [0, 0.05) is 30.8 Å². The van der Waals surface area contributed by atoms with Gasteiger partial charge in [-0.2, -0.15) is 18.3 Å². The van der Waals surface area contributed by atoms with Crippen LogP contribution >= 0.6 is 0 Å². The van der Waals surface area contributed by atoms with Gasteiger partial charge in [-0.25, -0.2) is 4.79 Å². The van der Waals surface area contributed by atoms with E-state index < -0.39 is 12.1 Å². The Bertz CT molecular complexity index is 1310. The van der Waals surface area contributed by atoms with Crippen molar-refractivity contribution in [1.29, 1.82) is 0 Å². The number of benzene rings is 1. The Morgan fingerprint density at radius 2 is 1.56 bits per heavy atom. The zero-order valence-corrected chi connectivity index (χ0v) is 21.2. The molecule has 0 unspecified atom stereocenters. The maximum atomic E-state index is 12.5. The fraction of sp³-hybridized carbons (Fsp3) is 0.320. The number of carboxylic acids is 1. The molecule has 0 aliphatic heterocycles. The van der Waals surface area contributed by atoms with Crippen molar-refractivity contribution in [2.75, 3.05) is 13.1 Å². The molecule has 0 aliphatic rings. The average molecular weight is 549 g/mol. The number of carbonyl (C=O) groups is 2. The summed E-state index contributed by atoms with van der Waals surface area (Å²) in [4.78, 5) is 23.6. The molecule has 0 bridgehead atoms. The van der Waals surface area contributed by atoms with Crippen molar-refractivity contribution in [2.45, 2.75) is 39.5 Å². The van der Waals surface area contributed by atoms with E-state index in [4.69, 9.17) is 18.9 Å². The Morgan fingerprint density at radius 3 is 2.05 bits per heavy atom. The zero-order valence-electron chi connectivity index (χ0n) is 21.2. The number of aryl methyl sites for hydroxylation is 2. The number of aromatic amines is 1. The molecule has 0 aliphatic carbocycles. The molecular formula is C25H27F3N6O5. The lowest BCUT2D eigenvalue weighted by Crippen LogP contribution is -2.29. The van der Waals surface area contributed by atoms with E-state index in [9.17, 15) is 18.0 Å². The molecule has 1 amide bonds. The van der Waals surface area contributed by atoms with Gasteiger partial charge in [0.2, 0.25) is 0 Å². The number of carbonyl (C=O) groups excluding carboxylic acids is 1. The largest absolute Gasteiger partial charge is 0.490 e. The van der Waals surface area contributed by atoms with Crippen LogP contribution in [0.3, 0.4) is 0 Å². The van der Waals surface area contributed by atoms with E-state index in [1.165, 1.54) is 0 Å². The van der Waals surface area contributed by atoms with E-state index in [0.29, 0.717) is 25.3 Å². The van der Waals surface area contributed by atoms with Gasteiger partial charge in [-0.1, -0.05) is 40.6 Å². The standard InChI is InChI=1S/C23H26N6O3.C2HF3O2/c1-16-11-19(31-27-16)14-29(15-20-12-17(2)28-32-20)10-6-9-24-23(30)22-13-21(25-26-22)18-7-4-3-5-8-18;3-2(4,5)1(6)7/h3-5,7-8,11-13H,6,9-10,14-15H2,1-2H3,(H,24,30)(H,25,26);(H,6,7). The summed E-state index contributed by atoms with van der Waals surface area (Å²) in [6.07, 6.45) is -4.33. The topological polar surface area (TPSA) is 150 Å². The minimum absolute atomic E-state index is 0.178. The SMILES string of the molecule is Cc1cc(CN(CCCNC(=O)c2cc(-c3ccccc3)n[nH]2)Cc2cc(C)no2)on1.O=C(O)C(F)(F)F. The van der Waals surface area contributed by atoms with Crippen molar-refractivity contribution in [3.63, 3.8) is 0 Å². The molecule has 0 saturated carbocycles. The van der Waals surface area contributed by atoms with Crippen LogP contribution in [0.5, 0.6) is 0 Å². The maximum absolute atomic E-state index is 12.5. The van der Waals surface area contributed by atoms with E-state index in [0.717, 1.165) is 47.1 Å². The number of nitrogens with zero attached hydrogens (tertiary/aromatic N) is 4. The van der Waals surface area contributed by atoms with Crippen LogP contribution in [0.4, 0.5) is 13.2 Å². The first-order chi connectivity index (χ1) is 18.5. The second-order valence-corrected chi connectivity index (χ2v) is 8.53. The number of rotatable bonds is 10. The predicted octanol–water partition coefficient (Wildman–Crippen LogP) is 4.13. The number of H-pyrrole nitrogens is 1. The van der Waals surface area contributed by atoms with Crippen molar-refractivity contribution in [3.8, 4) is 11.3 Å². The van der Waals surface area contributed by atoms with Crippen LogP contribution in [-0.4, -0.2) is 61.7 Å². The van der Waals surface area contributed by atoms with Crippen molar-refractivity contribution in [2.24, 2.45) is 0 Å². The molecule has 39 heavy (non-hydrogen) atoms. The van der Waals surface area contributed by atoms with Crippen LogP contribution in [0, 0.1) is 13.8 Å². The summed E-state index contributed by atoms with van der Waals surface area (Å²) in [5, 5.41) is 25.0. The van der Waals surface area contributed by atoms with Crippen LogP contribution in [-0.2, 0) is 17.9 Å². The monoisotopic (exact) mass is 548 g/mol. The van der Waals surface area contributed by atoms with Gasteiger partial charge in [-0.15, -0.1) is 0 Å². The third kappa shape index (κ3) is 9.41. The molecule has 4 rings (SSSR count). The average Bonchev–Trinajstić information content (AvgIpc) is 3.64. The van der Waals surface area contributed by atoms with Crippen molar-refractivity contribution >= 4 is 11.9 Å². The lowest BCUT2D eigenvalue weighted by molar-refractivity contribution is -0.192. The number of hydrogen-bond donors (Lipinski definition) is 3. The Morgan fingerprint density at radius 1 is 1.00 bits per heavy atom. The van der Waals surface area contributed by atoms with Crippen LogP contribution in [0.1, 0.15) is 39.8 Å². The van der Waals surface area contributed by atoms with E-state index in [1.54, 1.807) is 6.07 Å². The Labute approximate surface area is 221 Å². The lowest BCUT2D eigenvalue weighted by Gasteiger charge is -2.19. The van der Waals surface area contributed by atoms with Crippen LogP contribution in [0.15, 0.2) is 57.6 Å². The highest BCUT2D eigenvalue weighted by atomic mass is 19.4. The van der Waals surface area contributed by atoms with Gasteiger partial charge in [-0.3, -0.25) is 14.8 Å². The summed E-state index contributed by atoms with van der Waals surface area (Å²) in [6, 6.07) is 15.3. The molecule has 11 nitrogen and oxygen atoms in total. The van der Waals surface area contributed by atoms with Crippen LogP contribution < -0.4 is 5.32 Å². The molecule has 0 fully saturated rings. The molecule has 4 aromatic rings. The summed E-state index contributed by atoms with van der Waals surface area (Å²) in [7, 11) is 0. The Kier molecular flexibility index (Phi) is 9.98. The fourth-order valence-corrected chi connectivity index (χ4v) is 3.43. The molecular weight excluding hydrogens is 521 g/mol. The molecule has 1 aromatic carbocycles. The van der Waals surface area contributed by atoms with E-state index in [-0.39, 0.29) is 5.91 Å². The summed E-state index contributed by atoms with van der Waals surface area (Å²) >= 11 is 0. The number of aromatic nitrogens is 4. The second kappa shape index (κ2) is 13.4. The maximum Gasteiger partial charge on any atom is 0.490 e. The quantitative estimate of drug-likeness (QED) is 0.249. The number of hydrogen-bond acceptors (Lipinski definition) is 8. The Balaban J connectivity index is 0.000000532. The zero-order chi connectivity index (χ0) is 28.4. The van der Waals surface area contributed by atoms with Crippen LogP contribution in [0.25, 0.3) is 11.3 Å². The van der Waals surface area contributed by atoms with Crippen LogP contribution in [0.2, 0.25) is 0 Å². The molecule has 208 valence electrons. The smallest absolute Gasteiger partial charge is 0.475 e. The normalized spacial score (nSPS) is 11.2. The number of aliphatic carboxylic acids is 1. The number of amides is 1. The molecule has 14 heteroatoms. The third-order valence-corrected chi connectivity index (χ3v) is 5.18. The lowest BCUT2D eigenvalue weighted by atomic mass is 10.1. The molecule has 3 aromatic heterocycles. The number of carboxylic acid groups (broad SMARTS) is 1. The van der Waals surface area contributed by atoms with Gasteiger partial charge < -0.3 is 19.5 Å². The first-order valence-corrected chi connectivity index (χ1v) is 11.8. The van der Waals surface area contributed by atoms with E-state index in [2.05, 4.69) is 30.7 Å². The van der Waals surface area contributed by atoms with Gasteiger partial charge in [0.15, 0.2) is 11.5 Å². The van der Waals surface area contributed by atoms with E-state index in [1.807, 2.05) is 56.3 Å². The fourth-order valence-electron chi connectivity index (χ4n) is 3.43. The molecule has 0 spiro atoms. The minimum atomic E-state index is -5.08. The Hall–Kier alpha value is -4.46. The van der Waals surface area contributed by atoms with Gasteiger partial charge in [-0.05, 0) is 26.3 Å². The highest BCUT2D eigenvalue weighted by molar-refractivity contribution is 5.93. The molecule has 0 radical (unpaired) electrons. The van der Waals surface area contributed by atoms with Gasteiger partial charge >= 0.3 is 12.1 Å². The van der Waals surface area contributed by atoms with Crippen molar-refractivity contribution in [3.05, 3.63) is 77.1 Å². The molecule has 3 N–H and O–H groups in total. The highest BCUT2D eigenvalue weighted by Gasteiger charge is 2.38. The second-order valence-electron chi connectivity index (χ2n) is 8.53. The summed E-state index contributed by atoms with van der Waals surface area (Å²) in [6.45, 7) is 6.24. The van der Waals surface area contributed by atoms with Crippen molar-refractivity contribution < 1.29 is 36.9 Å². The summed E-state index contributed by atoms with van der Waals surface area (Å²) < 4.78 is 42.5. The third-order valence-electron chi connectivity index (χ3n) is 5.18. The first kappa shape index (κ1) is 29.1. The number of alkyl halides is 3. The van der Waals surface area contributed by atoms with Crippen molar-refractivity contribution in [1.82, 2.24) is 30.7 Å². The highest BCUT2D eigenvalue weighted by Crippen LogP contribution is 2.17. The molecule has 0 saturated heterocycles. The molecule has 0 atom stereocenters.